The molecule has 1 N–H and O–H groups in total. The number of hydrogen-bond acceptors (Lipinski definition) is 3. The van der Waals surface area contributed by atoms with Crippen molar-refractivity contribution < 1.29 is 9.53 Å². The molecule has 0 bridgehead atoms. The lowest BCUT2D eigenvalue weighted by Gasteiger charge is -2.16. The summed E-state index contributed by atoms with van der Waals surface area (Å²) in [4.78, 5) is 25.8. The monoisotopic (exact) mass is 428 g/mol. The fourth-order valence-electron chi connectivity index (χ4n) is 3.84. The van der Waals surface area contributed by atoms with E-state index in [9.17, 15) is 9.59 Å². The van der Waals surface area contributed by atoms with Gasteiger partial charge >= 0.3 is 0 Å². The molecule has 0 saturated carbocycles. The Morgan fingerprint density at radius 2 is 1.50 bits per heavy atom. The van der Waals surface area contributed by atoms with Crippen molar-refractivity contribution in [3.63, 3.8) is 0 Å². The number of nitrogens with zero attached hydrogens (tertiary/aromatic N) is 1. The van der Waals surface area contributed by atoms with E-state index in [0.717, 1.165) is 28.8 Å². The maximum Gasteiger partial charge on any atom is 0.240 e. The summed E-state index contributed by atoms with van der Waals surface area (Å²) < 4.78 is 7.84. The first-order valence-electron chi connectivity index (χ1n) is 11.0. The molecule has 0 fully saturated rings. The smallest absolute Gasteiger partial charge is 0.240 e. The van der Waals surface area contributed by atoms with E-state index in [1.807, 2.05) is 77.4 Å². The third-order valence-corrected chi connectivity index (χ3v) is 5.58. The molecule has 0 aliphatic rings. The van der Waals surface area contributed by atoms with Gasteiger partial charge < -0.3 is 14.6 Å². The average molecular weight is 429 g/mol. The molecule has 0 aliphatic heterocycles. The van der Waals surface area contributed by atoms with Crippen LogP contribution in [0.1, 0.15) is 25.8 Å². The molecule has 1 heterocycles. The first kappa shape index (κ1) is 21.6. The van der Waals surface area contributed by atoms with E-state index in [4.69, 9.17) is 4.74 Å². The van der Waals surface area contributed by atoms with Crippen LogP contribution in [0.5, 0.6) is 5.75 Å². The molecule has 4 rings (SSSR count). The average Bonchev–Trinajstić information content (AvgIpc) is 2.81. The van der Waals surface area contributed by atoms with Crippen molar-refractivity contribution >= 4 is 27.7 Å². The molecule has 0 spiro atoms. The number of pyridine rings is 1. The number of aromatic nitrogens is 1. The molecule has 5 heteroatoms. The fourth-order valence-corrected chi connectivity index (χ4v) is 3.84. The number of benzene rings is 3. The lowest BCUT2D eigenvalue weighted by atomic mass is 10.1. The van der Waals surface area contributed by atoms with Crippen molar-refractivity contribution in [3.8, 4) is 5.75 Å². The largest absolute Gasteiger partial charge is 0.493 e. The van der Waals surface area contributed by atoms with Crippen LogP contribution in [0.3, 0.4) is 0 Å². The van der Waals surface area contributed by atoms with Gasteiger partial charge in [0.1, 0.15) is 12.3 Å². The molecule has 5 nitrogen and oxygen atoms in total. The van der Waals surface area contributed by atoms with Crippen LogP contribution < -0.4 is 15.5 Å². The Hall–Kier alpha value is -3.60. The minimum atomic E-state index is -0.124. The first-order valence-corrected chi connectivity index (χ1v) is 11.0. The zero-order chi connectivity index (χ0) is 22.5. The van der Waals surface area contributed by atoms with Crippen LogP contribution >= 0.6 is 0 Å². The van der Waals surface area contributed by atoms with Gasteiger partial charge in [-0.15, -0.1) is 0 Å². The van der Waals surface area contributed by atoms with Gasteiger partial charge in [0, 0.05) is 22.9 Å². The van der Waals surface area contributed by atoms with Crippen LogP contribution in [0.4, 0.5) is 0 Å². The molecule has 0 saturated heterocycles. The minimum Gasteiger partial charge on any atom is -0.493 e. The predicted molar refractivity (Wildman–Crippen MR) is 129 cm³/mol. The topological polar surface area (TPSA) is 60.3 Å². The van der Waals surface area contributed by atoms with E-state index < -0.39 is 0 Å². The van der Waals surface area contributed by atoms with E-state index in [2.05, 4.69) is 19.2 Å². The number of ether oxygens (including phenoxy) is 1. The summed E-state index contributed by atoms with van der Waals surface area (Å²) in [6, 6.07) is 22.6. The van der Waals surface area contributed by atoms with Crippen molar-refractivity contribution in [2.75, 3.05) is 6.61 Å². The van der Waals surface area contributed by atoms with E-state index >= 15 is 0 Å². The molecular weight excluding hydrogens is 400 g/mol. The second-order valence-corrected chi connectivity index (χ2v) is 8.37. The van der Waals surface area contributed by atoms with E-state index in [-0.39, 0.29) is 17.9 Å². The normalized spacial score (nSPS) is 11.2. The molecule has 3 aromatic carbocycles. The summed E-state index contributed by atoms with van der Waals surface area (Å²) >= 11 is 0. The maximum atomic E-state index is 12.9. The highest BCUT2D eigenvalue weighted by Crippen LogP contribution is 2.20. The Balaban J connectivity index is 1.55. The second kappa shape index (κ2) is 9.69. The summed E-state index contributed by atoms with van der Waals surface area (Å²) in [6.07, 6.45) is 0.979. The number of nitrogens with one attached hydrogen (secondary N) is 1. The van der Waals surface area contributed by atoms with Gasteiger partial charge in [0.05, 0.1) is 17.6 Å². The fraction of sp³-hybridized carbons (Fsp3) is 0.259. The van der Waals surface area contributed by atoms with Crippen LogP contribution in [0.25, 0.3) is 21.8 Å². The number of fused-ring (bicyclic) bond motifs is 2. The lowest BCUT2D eigenvalue weighted by Crippen LogP contribution is -2.28. The number of para-hydroxylation sites is 3. The Kier molecular flexibility index (Phi) is 6.55. The van der Waals surface area contributed by atoms with Crippen LogP contribution in [-0.4, -0.2) is 17.1 Å². The highest BCUT2D eigenvalue weighted by Gasteiger charge is 2.13. The van der Waals surface area contributed by atoms with Gasteiger partial charge in [-0.25, -0.2) is 0 Å². The lowest BCUT2D eigenvalue weighted by molar-refractivity contribution is -0.121. The molecule has 1 aromatic heterocycles. The summed E-state index contributed by atoms with van der Waals surface area (Å²) in [6.45, 7) is 5.49. The molecule has 164 valence electrons. The molecule has 0 unspecified atom stereocenters. The van der Waals surface area contributed by atoms with Crippen molar-refractivity contribution in [3.05, 3.63) is 88.6 Å². The number of rotatable bonds is 8. The van der Waals surface area contributed by atoms with Gasteiger partial charge in [-0.05, 0) is 42.7 Å². The molecule has 32 heavy (non-hydrogen) atoms. The second-order valence-electron chi connectivity index (χ2n) is 8.37. The van der Waals surface area contributed by atoms with Gasteiger partial charge in [0.25, 0.3) is 0 Å². The molecule has 4 aromatic rings. The Morgan fingerprint density at radius 3 is 2.16 bits per heavy atom. The number of amides is 1. The molecule has 0 atom stereocenters. The maximum absolute atomic E-state index is 12.9. The zero-order valence-electron chi connectivity index (χ0n) is 18.5. The Bertz CT molecular complexity index is 1250. The van der Waals surface area contributed by atoms with Crippen LogP contribution in [0.15, 0.2) is 77.6 Å². The molecular formula is C27H28N2O3. The number of carbonyl (C=O) groups excluding carboxylic acids is 1. The minimum absolute atomic E-state index is 0.0136. The predicted octanol–water partition coefficient (Wildman–Crippen LogP) is 4.90. The van der Waals surface area contributed by atoms with Gasteiger partial charge in [0.15, 0.2) is 5.43 Å². The van der Waals surface area contributed by atoms with Crippen LogP contribution in [-0.2, 0) is 17.9 Å². The molecule has 1 amide bonds. The third kappa shape index (κ3) is 4.67. The quantitative estimate of drug-likeness (QED) is 0.406. The SMILES string of the molecule is CC(C)CCOc1ccccc1CNC(=O)Cn1c2ccccc2c(=O)c2ccccc21. The van der Waals surface area contributed by atoms with E-state index in [0.29, 0.717) is 29.8 Å². The third-order valence-electron chi connectivity index (χ3n) is 5.58. The van der Waals surface area contributed by atoms with E-state index in [1.54, 1.807) is 0 Å². The first-order chi connectivity index (χ1) is 15.5. The summed E-state index contributed by atoms with van der Waals surface area (Å²) in [7, 11) is 0. The van der Waals surface area contributed by atoms with Crippen molar-refractivity contribution in [1.29, 1.82) is 0 Å². The van der Waals surface area contributed by atoms with Crippen molar-refractivity contribution in [1.82, 2.24) is 9.88 Å². The number of carbonyl (C=O) groups is 1. The Labute approximate surface area is 187 Å². The van der Waals surface area contributed by atoms with Gasteiger partial charge in [-0.1, -0.05) is 56.3 Å². The van der Waals surface area contributed by atoms with Gasteiger partial charge in [-0.3, -0.25) is 9.59 Å². The molecule has 0 aliphatic carbocycles. The summed E-state index contributed by atoms with van der Waals surface area (Å²) in [5, 5.41) is 4.24. The standard InChI is InChI=1S/C27H28N2O3/c1-19(2)15-16-32-25-14-8-3-9-20(25)17-28-26(30)18-29-23-12-6-4-10-21(23)27(31)22-11-5-7-13-24(22)29/h3-14,19H,15-18H2,1-2H3,(H,28,30). The van der Waals surface area contributed by atoms with Crippen molar-refractivity contribution in [2.24, 2.45) is 5.92 Å². The molecule has 0 radical (unpaired) electrons. The Morgan fingerprint density at radius 1 is 0.906 bits per heavy atom. The van der Waals surface area contributed by atoms with Gasteiger partial charge in [0.2, 0.25) is 5.91 Å². The van der Waals surface area contributed by atoms with Crippen molar-refractivity contribution in [2.45, 2.75) is 33.4 Å². The summed E-state index contributed by atoms with van der Waals surface area (Å²) in [5.41, 5.74) is 2.44. The van der Waals surface area contributed by atoms with E-state index in [1.165, 1.54) is 0 Å². The number of hydrogen-bond donors (Lipinski definition) is 1. The zero-order valence-corrected chi connectivity index (χ0v) is 18.5. The highest BCUT2D eigenvalue weighted by atomic mass is 16.5. The van der Waals surface area contributed by atoms with Gasteiger partial charge in [-0.2, -0.15) is 0 Å². The van der Waals surface area contributed by atoms with Crippen LogP contribution in [0, 0.1) is 5.92 Å². The summed E-state index contributed by atoms with van der Waals surface area (Å²) in [5.74, 6) is 1.25. The van der Waals surface area contributed by atoms with Crippen LogP contribution in [0.2, 0.25) is 0 Å². The highest BCUT2D eigenvalue weighted by molar-refractivity contribution is 5.94.